The minimum Gasteiger partial charge on any atom is -0.384 e. The monoisotopic (exact) mass is 174 g/mol. The Bertz CT molecular complexity index is 138. The average molecular weight is 174 g/mol. The minimum atomic E-state index is 0.831. The molecule has 1 aliphatic rings. The number of nitrogens with zero attached hydrogens (tertiary/aromatic N) is 1. The molecule has 0 saturated heterocycles. The predicted molar refractivity (Wildman–Crippen MR) is 49.5 cm³/mol. The maximum absolute atomic E-state index is 4.93. The second kappa shape index (κ2) is 5.43. The zero-order valence-electron chi connectivity index (χ0n) is 6.80. The Morgan fingerprint density at radius 3 is 3.27 bits per heavy atom. The van der Waals surface area contributed by atoms with Gasteiger partial charge in [0.1, 0.15) is 5.84 Å². The number of hydrogen-bond donors (Lipinski definition) is 1. The molecule has 0 aromatic carbocycles. The van der Waals surface area contributed by atoms with Crippen molar-refractivity contribution in [2.45, 2.75) is 0 Å². The Balaban J connectivity index is 1.94. The molecule has 0 aromatic rings. The largest absolute Gasteiger partial charge is 0.384 e. The molecular formula is C7H14N2OS. The fourth-order valence-corrected chi connectivity index (χ4v) is 1.67. The molecule has 0 bridgehead atoms. The van der Waals surface area contributed by atoms with Gasteiger partial charge in [-0.15, -0.1) is 0 Å². The third kappa shape index (κ3) is 3.62. The maximum atomic E-state index is 4.93. The third-order valence-electron chi connectivity index (χ3n) is 1.41. The molecule has 1 heterocycles. The molecule has 1 N–H and O–H groups in total. The summed E-state index contributed by atoms with van der Waals surface area (Å²) in [4.78, 5) is 4.28. The minimum absolute atomic E-state index is 0.831. The molecular weight excluding hydrogens is 160 g/mol. The van der Waals surface area contributed by atoms with E-state index in [1.807, 2.05) is 11.8 Å². The van der Waals surface area contributed by atoms with Gasteiger partial charge in [0, 0.05) is 19.4 Å². The van der Waals surface area contributed by atoms with Gasteiger partial charge in [-0.3, -0.25) is 4.99 Å². The van der Waals surface area contributed by atoms with Crippen molar-refractivity contribution < 1.29 is 4.74 Å². The number of thioether (sulfide) groups is 1. The van der Waals surface area contributed by atoms with E-state index in [9.17, 15) is 0 Å². The first kappa shape index (κ1) is 8.87. The molecule has 64 valence electrons. The molecule has 0 aromatic heterocycles. The molecule has 0 amide bonds. The first-order valence-corrected chi connectivity index (χ1v) is 4.93. The molecule has 1 aliphatic heterocycles. The van der Waals surface area contributed by atoms with Crippen LogP contribution in [-0.4, -0.2) is 44.1 Å². The lowest BCUT2D eigenvalue weighted by molar-refractivity contribution is 0.218. The predicted octanol–water partition coefficient (Wildman–Crippen LogP) is 0.368. The molecule has 0 spiro atoms. The molecule has 0 unspecified atom stereocenters. The van der Waals surface area contributed by atoms with Gasteiger partial charge in [-0.1, -0.05) is 0 Å². The molecule has 0 aliphatic carbocycles. The first-order chi connectivity index (χ1) is 5.43. The number of aliphatic imine (C=N–C) groups is 1. The number of hydrogen-bond acceptors (Lipinski definition) is 4. The zero-order chi connectivity index (χ0) is 7.94. The van der Waals surface area contributed by atoms with E-state index in [1.165, 1.54) is 0 Å². The van der Waals surface area contributed by atoms with Crippen LogP contribution in [0.25, 0.3) is 0 Å². The van der Waals surface area contributed by atoms with E-state index in [0.717, 1.165) is 37.0 Å². The highest BCUT2D eigenvalue weighted by Gasteiger charge is 2.03. The summed E-state index contributed by atoms with van der Waals surface area (Å²) in [6.45, 7) is 2.79. The molecule has 0 atom stereocenters. The van der Waals surface area contributed by atoms with Gasteiger partial charge < -0.3 is 10.1 Å². The summed E-state index contributed by atoms with van der Waals surface area (Å²) in [5.74, 6) is 3.20. The van der Waals surface area contributed by atoms with Crippen LogP contribution in [0.15, 0.2) is 4.99 Å². The lowest BCUT2D eigenvalue weighted by Crippen LogP contribution is -2.20. The fraction of sp³-hybridized carbons (Fsp3) is 0.857. The second-order valence-electron chi connectivity index (χ2n) is 2.30. The fourth-order valence-electron chi connectivity index (χ4n) is 0.855. The van der Waals surface area contributed by atoms with Gasteiger partial charge in [0.05, 0.1) is 18.9 Å². The second-order valence-corrected chi connectivity index (χ2v) is 3.41. The summed E-state index contributed by atoms with van der Waals surface area (Å²) < 4.78 is 4.93. The number of nitrogens with one attached hydrogen (secondary N) is 1. The van der Waals surface area contributed by atoms with Gasteiger partial charge in [0.2, 0.25) is 0 Å². The van der Waals surface area contributed by atoms with E-state index < -0.39 is 0 Å². The Morgan fingerprint density at radius 1 is 1.73 bits per heavy atom. The summed E-state index contributed by atoms with van der Waals surface area (Å²) in [7, 11) is 1.73. The van der Waals surface area contributed by atoms with Gasteiger partial charge in [-0.25, -0.2) is 0 Å². The number of rotatable bonds is 5. The van der Waals surface area contributed by atoms with E-state index in [-0.39, 0.29) is 0 Å². The van der Waals surface area contributed by atoms with Crippen LogP contribution in [0.5, 0.6) is 0 Å². The highest BCUT2D eigenvalue weighted by atomic mass is 32.2. The number of methoxy groups -OCH3 is 1. The third-order valence-corrected chi connectivity index (χ3v) is 2.35. The van der Waals surface area contributed by atoms with Crippen molar-refractivity contribution in [2.75, 3.05) is 38.3 Å². The van der Waals surface area contributed by atoms with E-state index in [1.54, 1.807) is 7.11 Å². The van der Waals surface area contributed by atoms with Gasteiger partial charge in [-0.2, -0.15) is 11.8 Å². The van der Waals surface area contributed by atoms with E-state index in [0.29, 0.717) is 0 Å². The van der Waals surface area contributed by atoms with Crippen molar-refractivity contribution in [3.05, 3.63) is 0 Å². The van der Waals surface area contributed by atoms with Crippen LogP contribution in [0.3, 0.4) is 0 Å². The highest BCUT2D eigenvalue weighted by Crippen LogP contribution is 2.01. The van der Waals surface area contributed by atoms with Gasteiger partial charge in [0.25, 0.3) is 0 Å². The highest BCUT2D eigenvalue weighted by molar-refractivity contribution is 7.99. The molecule has 1 rings (SSSR count). The van der Waals surface area contributed by atoms with Crippen LogP contribution in [0.4, 0.5) is 0 Å². The molecule has 0 saturated carbocycles. The summed E-state index contributed by atoms with van der Waals surface area (Å²) in [5, 5.41) is 3.22. The van der Waals surface area contributed by atoms with Crippen LogP contribution in [0, 0.1) is 0 Å². The number of ether oxygens (including phenoxy) is 1. The maximum Gasteiger partial charge on any atom is 0.106 e. The van der Waals surface area contributed by atoms with E-state index >= 15 is 0 Å². The van der Waals surface area contributed by atoms with Crippen molar-refractivity contribution in [3.63, 3.8) is 0 Å². The quantitative estimate of drug-likeness (QED) is 0.611. The van der Waals surface area contributed by atoms with Crippen molar-refractivity contribution in [1.82, 2.24) is 5.32 Å². The Labute approximate surface area is 71.6 Å². The van der Waals surface area contributed by atoms with Crippen LogP contribution in [0.2, 0.25) is 0 Å². The zero-order valence-corrected chi connectivity index (χ0v) is 7.62. The summed E-state index contributed by atoms with van der Waals surface area (Å²) in [5.41, 5.74) is 0. The average Bonchev–Trinajstić information content (AvgIpc) is 2.50. The van der Waals surface area contributed by atoms with Crippen molar-refractivity contribution in [1.29, 1.82) is 0 Å². The first-order valence-electron chi connectivity index (χ1n) is 3.77. The standard InChI is InChI=1S/C7H14N2OS/c1-10-4-5-11-6-7-8-2-3-9-7/h2-6H2,1H3,(H,8,9). The summed E-state index contributed by atoms with van der Waals surface area (Å²) in [6.07, 6.45) is 0. The van der Waals surface area contributed by atoms with Crippen molar-refractivity contribution in [2.24, 2.45) is 4.99 Å². The van der Waals surface area contributed by atoms with E-state index in [4.69, 9.17) is 4.74 Å². The van der Waals surface area contributed by atoms with Crippen molar-refractivity contribution in [3.8, 4) is 0 Å². The molecule has 0 fully saturated rings. The van der Waals surface area contributed by atoms with Gasteiger partial charge in [0.15, 0.2) is 0 Å². The van der Waals surface area contributed by atoms with E-state index in [2.05, 4.69) is 10.3 Å². The smallest absolute Gasteiger partial charge is 0.106 e. The van der Waals surface area contributed by atoms with Crippen LogP contribution in [0.1, 0.15) is 0 Å². The topological polar surface area (TPSA) is 33.6 Å². The lowest BCUT2D eigenvalue weighted by Gasteiger charge is -2.00. The Morgan fingerprint density at radius 2 is 2.64 bits per heavy atom. The van der Waals surface area contributed by atoms with Crippen LogP contribution in [-0.2, 0) is 4.74 Å². The van der Waals surface area contributed by atoms with Gasteiger partial charge >= 0.3 is 0 Å². The summed E-state index contributed by atoms with van der Waals surface area (Å²) >= 11 is 1.86. The molecule has 0 radical (unpaired) electrons. The summed E-state index contributed by atoms with van der Waals surface area (Å²) in [6, 6.07) is 0. The lowest BCUT2D eigenvalue weighted by atomic mass is 10.7. The van der Waals surface area contributed by atoms with Crippen LogP contribution >= 0.6 is 11.8 Å². The normalized spacial score (nSPS) is 16.3. The van der Waals surface area contributed by atoms with Crippen LogP contribution < -0.4 is 5.32 Å². The van der Waals surface area contributed by atoms with Crippen molar-refractivity contribution >= 4 is 17.6 Å². The number of amidine groups is 1. The molecule has 3 nitrogen and oxygen atoms in total. The Hall–Kier alpha value is -0.220. The molecule has 4 heteroatoms. The SMILES string of the molecule is COCCSCC1=NCCN1. The van der Waals surface area contributed by atoms with Gasteiger partial charge in [-0.05, 0) is 0 Å². The molecule has 11 heavy (non-hydrogen) atoms. The Kier molecular flexibility index (Phi) is 4.38.